The third-order valence-electron chi connectivity index (χ3n) is 5.62. The number of ether oxygens (including phenoxy) is 1. The summed E-state index contributed by atoms with van der Waals surface area (Å²) in [6, 6.07) is 10.1. The maximum absolute atomic E-state index is 13.0. The van der Waals surface area contributed by atoms with E-state index in [1.807, 2.05) is 32.2 Å². The Bertz CT molecular complexity index is 1030. The lowest BCUT2D eigenvalue weighted by Gasteiger charge is -2.26. The third-order valence-corrected chi connectivity index (χ3v) is 5.62. The number of hydrogen-bond donors (Lipinski definition) is 2. The summed E-state index contributed by atoms with van der Waals surface area (Å²) in [7, 11) is 1.87. The van der Waals surface area contributed by atoms with Crippen molar-refractivity contribution in [3.63, 3.8) is 0 Å². The summed E-state index contributed by atoms with van der Waals surface area (Å²) in [5, 5.41) is 11.9. The molecule has 31 heavy (non-hydrogen) atoms. The summed E-state index contributed by atoms with van der Waals surface area (Å²) in [6.07, 6.45) is 2.55. The maximum atomic E-state index is 13.0. The van der Waals surface area contributed by atoms with Crippen LogP contribution in [0.3, 0.4) is 0 Å². The zero-order chi connectivity index (χ0) is 21.6. The second kappa shape index (κ2) is 9.89. The van der Waals surface area contributed by atoms with Crippen molar-refractivity contribution in [1.29, 1.82) is 0 Å². The smallest absolute Gasteiger partial charge is 0.254 e. The van der Waals surface area contributed by atoms with E-state index in [4.69, 9.17) is 4.74 Å². The van der Waals surface area contributed by atoms with E-state index in [0.717, 1.165) is 67.2 Å². The van der Waals surface area contributed by atoms with Gasteiger partial charge in [-0.2, -0.15) is 5.10 Å². The summed E-state index contributed by atoms with van der Waals surface area (Å²) >= 11 is 0. The van der Waals surface area contributed by atoms with Crippen LogP contribution in [0.4, 0.5) is 5.69 Å². The van der Waals surface area contributed by atoms with Crippen LogP contribution in [0.25, 0.3) is 11.0 Å². The molecular weight excluding hydrogens is 392 g/mol. The van der Waals surface area contributed by atoms with E-state index < -0.39 is 0 Å². The number of anilines is 1. The van der Waals surface area contributed by atoms with Crippen LogP contribution in [0.5, 0.6) is 0 Å². The van der Waals surface area contributed by atoms with Gasteiger partial charge in [0.1, 0.15) is 0 Å². The second-order valence-electron chi connectivity index (χ2n) is 7.86. The maximum Gasteiger partial charge on any atom is 0.254 e. The van der Waals surface area contributed by atoms with Gasteiger partial charge in [-0.15, -0.1) is 0 Å². The molecule has 0 spiro atoms. The molecule has 3 heterocycles. The van der Waals surface area contributed by atoms with Crippen molar-refractivity contribution in [2.24, 2.45) is 7.05 Å². The van der Waals surface area contributed by atoms with Gasteiger partial charge in [0.25, 0.3) is 5.91 Å². The number of carbonyl (C=O) groups is 1. The van der Waals surface area contributed by atoms with Gasteiger partial charge in [-0.1, -0.05) is 30.3 Å². The van der Waals surface area contributed by atoms with Gasteiger partial charge in [0.15, 0.2) is 5.65 Å². The van der Waals surface area contributed by atoms with Gasteiger partial charge in [0.05, 0.1) is 35.5 Å². The Balaban J connectivity index is 1.48. The Kier molecular flexibility index (Phi) is 6.79. The first-order chi connectivity index (χ1) is 15.1. The molecule has 8 nitrogen and oxygen atoms in total. The minimum absolute atomic E-state index is 0.116. The summed E-state index contributed by atoms with van der Waals surface area (Å²) in [5.41, 5.74) is 4.08. The van der Waals surface area contributed by atoms with Crippen LogP contribution in [-0.4, -0.2) is 65.0 Å². The summed E-state index contributed by atoms with van der Waals surface area (Å²) in [5.74, 6) is -0.116. The molecule has 0 radical (unpaired) electrons. The molecule has 1 aromatic carbocycles. The number of amides is 1. The van der Waals surface area contributed by atoms with Crippen molar-refractivity contribution in [3.8, 4) is 0 Å². The molecule has 164 valence electrons. The third kappa shape index (κ3) is 5.03. The number of benzene rings is 1. The topological polar surface area (TPSA) is 84.3 Å². The first-order valence-electron chi connectivity index (χ1n) is 10.8. The van der Waals surface area contributed by atoms with E-state index in [1.54, 1.807) is 10.9 Å². The van der Waals surface area contributed by atoms with Crippen molar-refractivity contribution >= 4 is 22.6 Å². The Labute approximate surface area is 182 Å². The molecular formula is C23H30N6O2. The van der Waals surface area contributed by atoms with Crippen LogP contribution in [0.2, 0.25) is 0 Å². The van der Waals surface area contributed by atoms with E-state index >= 15 is 0 Å². The van der Waals surface area contributed by atoms with Crippen molar-refractivity contribution in [2.45, 2.75) is 19.9 Å². The molecule has 0 atom stereocenters. The van der Waals surface area contributed by atoms with Crippen molar-refractivity contribution in [2.75, 3.05) is 44.7 Å². The standard InChI is InChI=1S/C23H30N6O2/c1-17-20-21(25-15-18-7-4-3-5-8-18)19(16-26-22(20)28(2)27-17)23(30)24-9-6-10-29-11-13-31-14-12-29/h3-5,7-8,16H,6,9-15H2,1-2H3,(H,24,30)(H,25,26). The van der Waals surface area contributed by atoms with Gasteiger partial charge in [0, 0.05) is 39.4 Å². The largest absolute Gasteiger partial charge is 0.380 e. The number of rotatable bonds is 8. The number of nitrogens with one attached hydrogen (secondary N) is 2. The number of carbonyl (C=O) groups excluding carboxylic acids is 1. The molecule has 0 bridgehead atoms. The number of aryl methyl sites for hydroxylation is 2. The molecule has 1 aliphatic rings. The van der Waals surface area contributed by atoms with Gasteiger partial charge < -0.3 is 15.4 Å². The molecule has 1 aliphatic heterocycles. The lowest BCUT2D eigenvalue weighted by atomic mass is 10.1. The average Bonchev–Trinajstić information content (AvgIpc) is 3.10. The quantitative estimate of drug-likeness (QED) is 0.542. The highest BCUT2D eigenvalue weighted by molar-refractivity contribution is 6.07. The molecule has 0 unspecified atom stereocenters. The van der Waals surface area contributed by atoms with Crippen LogP contribution >= 0.6 is 0 Å². The first kappa shape index (κ1) is 21.3. The Morgan fingerprint density at radius 2 is 1.97 bits per heavy atom. The number of morpholine rings is 1. The normalized spacial score (nSPS) is 14.6. The summed E-state index contributed by atoms with van der Waals surface area (Å²) in [4.78, 5) is 19.9. The monoisotopic (exact) mass is 422 g/mol. The van der Waals surface area contributed by atoms with Crippen LogP contribution in [0.15, 0.2) is 36.5 Å². The lowest BCUT2D eigenvalue weighted by Crippen LogP contribution is -2.38. The number of pyridine rings is 1. The molecule has 2 N–H and O–H groups in total. The highest BCUT2D eigenvalue weighted by Gasteiger charge is 2.20. The average molecular weight is 423 g/mol. The van der Waals surface area contributed by atoms with Gasteiger partial charge in [-0.05, 0) is 25.5 Å². The van der Waals surface area contributed by atoms with Crippen molar-refractivity contribution in [3.05, 3.63) is 53.3 Å². The lowest BCUT2D eigenvalue weighted by molar-refractivity contribution is 0.0374. The fraction of sp³-hybridized carbons (Fsp3) is 0.435. The van der Waals surface area contributed by atoms with Gasteiger partial charge in [-0.25, -0.2) is 4.98 Å². The van der Waals surface area contributed by atoms with Crippen molar-refractivity contribution < 1.29 is 9.53 Å². The van der Waals surface area contributed by atoms with E-state index in [2.05, 4.69) is 37.7 Å². The molecule has 0 aliphatic carbocycles. The number of aromatic nitrogens is 3. The zero-order valence-electron chi connectivity index (χ0n) is 18.2. The Morgan fingerprint density at radius 1 is 1.19 bits per heavy atom. The highest BCUT2D eigenvalue weighted by Crippen LogP contribution is 2.29. The molecule has 1 fully saturated rings. The van der Waals surface area contributed by atoms with Gasteiger partial charge in [-0.3, -0.25) is 14.4 Å². The molecule has 1 amide bonds. The van der Waals surface area contributed by atoms with Crippen LogP contribution in [0.1, 0.15) is 28.0 Å². The fourth-order valence-electron chi connectivity index (χ4n) is 3.98. The molecule has 0 saturated carbocycles. The minimum atomic E-state index is -0.116. The predicted octanol–water partition coefficient (Wildman–Crippen LogP) is 2.34. The number of nitrogens with zero attached hydrogens (tertiary/aromatic N) is 4. The van der Waals surface area contributed by atoms with E-state index in [1.165, 1.54) is 0 Å². The van der Waals surface area contributed by atoms with Gasteiger partial charge in [0.2, 0.25) is 0 Å². The minimum Gasteiger partial charge on any atom is -0.380 e. The predicted molar refractivity (Wildman–Crippen MR) is 121 cm³/mol. The highest BCUT2D eigenvalue weighted by atomic mass is 16.5. The Morgan fingerprint density at radius 3 is 2.74 bits per heavy atom. The molecule has 1 saturated heterocycles. The molecule has 2 aromatic heterocycles. The SMILES string of the molecule is Cc1nn(C)c2ncc(C(=O)NCCCN3CCOCC3)c(NCc3ccccc3)c12. The van der Waals surface area contributed by atoms with E-state index in [-0.39, 0.29) is 5.91 Å². The molecule has 8 heteroatoms. The van der Waals surface area contributed by atoms with Crippen LogP contribution < -0.4 is 10.6 Å². The molecule has 4 rings (SSSR count). The van der Waals surface area contributed by atoms with E-state index in [9.17, 15) is 4.79 Å². The van der Waals surface area contributed by atoms with Crippen LogP contribution in [-0.2, 0) is 18.3 Å². The van der Waals surface area contributed by atoms with Crippen molar-refractivity contribution in [1.82, 2.24) is 25.0 Å². The second-order valence-corrected chi connectivity index (χ2v) is 7.86. The van der Waals surface area contributed by atoms with E-state index in [0.29, 0.717) is 18.7 Å². The fourth-order valence-corrected chi connectivity index (χ4v) is 3.98. The Hall–Kier alpha value is -2.97. The summed E-state index contributed by atoms with van der Waals surface area (Å²) in [6.45, 7) is 7.65. The number of fused-ring (bicyclic) bond motifs is 1. The van der Waals surface area contributed by atoms with Gasteiger partial charge >= 0.3 is 0 Å². The molecule has 3 aromatic rings. The number of hydrogen-bond acceptors (Lipinski definition) is 6. The first-order valence-corrected chi connectivity index (χ1v) is 10.8. The summed E-state index contributed by atoms with van der Waals surface area (Å²) < 4.78 is 7.14. The van der Waals surface area contributed by atoms with Crippen LogP contribution in [0, 0.1) is 6.92 Å². The zero-order valence-corrected chi connectivity index (χ0v) is 18.2.